The minimum absolute atomic E-state index is 0.0304. The Morgan fingerprint density at radius 2 is 1.47 bits per heavy atom. The van der Waals surface area contributed by atoms with Crippen molar-refractivity contribution in [3.8, 4) is 40.1 Å². The molecular weight excluding hydrogens is 460 g/mol. The maximum Gasteiger partial charge on any atom is 0.402 e. The molecule has 34 heavy (non-hydrogen) atoms. The van der Waals surface area contributed by atoms with Crippen molar-refractivity contribution >= 4 is 16.9 Å². The highest BCUT2D eigenvalue weighted by atomic mass is 16.6. The summed E-state index contributed by atoms with van der Waals surface area (Å²) in [5.74, 6) is -3.07. The molecule has 1 aromatic heterocycles. The average Bonchev–Trinajstić information content (AvgIpc) is 2.77. The van der Waals surface area contributed by atoms with Gasteiger partial charge >= 0.3 is 11.3 Å². The Kier molecular flexibility index (Phi) is 6.95. The highest BCUT2D eigenvalue weighted by molar-refractivity contribution is 5.88. The van der Waals surface area contributed by atoms with Crippen LogP contribution in [0, 0.1) is 0 Å². The van der Waals surface area contributed by atoms with Gasteiger partial charge < -0.3 is 60.6 Å². The summed E-state index contributed by atoms with van der Waals surface area (Å²) in [7, 11) is 0. The first kappa shape index (κ1) is 24.8. The maximum absolute atomic E-state index is 10.3. The molecule has 5 atom stereocenters. The number of carbonyl (C=O) groups excluding carboxylic acids is 1. The van der Waals surface area contributed by atoms with Gasteiger partial charge in [-0.1, -0.05) is 0 Å². The zero-order valence-corrected chi connectivity index (χ0v) is 17.0. The van der Waals surface area contributed by atoms with Crippen molar-refractivity contribution in [3.05, 3.63) is 36.4 Å². The van der Waals surface area contributed by atoms with Gasteiger partial charge in [-0.2, -0.15) is 0 Å². The van der Waals surface area contributed by atoms with E-state index in [4.69, 9.17) is 24.8 Å². The third kappa shape index (κ3) is 4.88. The van der Waals surface area contributed by atoms with Crippen LogP contribution in [-0.2, 0) is 9.53 Å². The number of fused-ring (bicyclic) bond motifs is 1. The van der Waals surface area contributed by atoms with Crippen molar-refractivity contribution in [2.24, 2.45) is 0 Å². The summed E-state index contributed by atoms with van der Waals surface area (Å²) in [6, 6.07) is 7.63. The Hall–Kier alpha value is -3.88. The molecule has 0 spiro atoms. The van der Waals surface area contributed by atoms with Crippen LogP contribution in [0.25, 0.3) is 22.3 Å². The molecule has 3 aromatic rings. The number of hydrogen-bond acceptors (Lipinski definition) is 12. The molecule has 9 N–H and O–H groups in total. The van der Waals surface area contributed by atoms with E-state index in [1.165, 1.54) is 30.3 Å². The number of phenols is 4. The van der Waals surface area contributed by atoms with Gasteiger partial charge in [-0.15, -0.1) is 0 Å². The predicted octanol–water partition coefficient (Wildman–Crippen LogP) is -1.55. The van der Waals surface area contributed by atoms with E-state index in [-0.39, 0.29) is 45.5 Å². The minimum Gasteiger partial charge on any atom is -0.547 e. The Morgan fingerprint density at radius 1 is 0.794 bits per heavy atom. The second-order valence-electron chi connectivity index (χ2n) is 7.28. The zero-order valence-electron chi connectivity index (χ0n) is 17.0. The smallest absolute Gasteiger partial charge is 0.402 e. The number of ether oxygens (including phenoxy) is 1. The van der Waals surface area contributed by atoms with Gasteiger partial charge in [0.1, 0.15) is 41.3 Å². The SMILES string of the molecule is O=C([O-])[C@H]1OC(O)[C@H](O)[C@@H](O)[C@@H]1O.Oc1cc(O)c2cc(O)c(-c3ccc(O)c(O)c3)[o+]c2c1. The number of aliphatic hydroxyl groups excluding tert-OH is 4. The molecule has 1 aliphatic heterocycles. The van der Waals surface area contributed by atoms with Crippen molar-refractivity contribution in [2.45, 2.75) is 30.7 Å². The highest BCUT2D eigenvalue weighted by Crippen LogP contribution is 2.40. The van der Waals surface area contributed by atoms with Crippen molar-refractivity contribution < 1.29 is 65.0 Å². The predicted molar refractivity (Wildman–Crippen MR) is 108 cm³/mol. The molecule has 0 radical (unpaired) electrons. The number of benzene rings is 2. The Labute approximate surface area is 189 Å². The van der Waals surface area contributed by atoms with Gasteiger partial charge in [0.25, 0.3) is 0 Å². The summed E-state index contributed by atoms with van der Waals surface area (Å²) in [6.45, 7) is 0. The van der Waals surface area contributed by atoms with Crippen LogP contribution in [0.1, 0.15) is 0 Å². The molecule has 1 unspecified atom stereocenters. The molecule has 4 rings (SSSR count). The fraction of sp³-hybridized carbons (Fsp3) is 0.238. The van der Waals surface area contributed by atoms with Crippen LogP contribution in [0.15, 0.2) is 40.8 Å². The van der Waals surface area contributed by atoms with E-state index in [1.54, 1.807) is 0 Å². The van der Waals surface area contributed by atoms with Crippen molar-refractivity contribution in [3.63, 3.8) is 0 Å². The molecule has 0 saturated carbocycles. The molecule has 1 fully saturated rings. The molecular formula is C21H20O13. The molecule has 1 saturated heterocycles. The monoisotopic (exact) mass is 480 g/mol. The normalized spacial score (nSPS) is 24.3. The Bertz CT molecular complexity index is 1210. The number of carboxylic acids is 1. The second-order valence-corrected chi connectivity index (χ2v) is 7.28. The zero-order chi connectivity index (χ0) is 25.3. The molecule has 0 bridgehead atoms. The first-order chi connectivity index (χ1) is 15.9. The molecule has 2 heterocycles. The van der Waals surface area contributed by atoms with Crippen LogP contribution in [0.3, 0.4) is 0 Å². The number of hydrogen-bond donors (Lipinski definition) is 9. The summed E-state index contributed by atoms with van der Waals surface area (Å²) in [6.07, 6.45) is -9.00. The lowest BCUT2D eigenvalue weighted by Gasteiger charge is -2.38. The Morgan fingerprint density at radius 3 is 2.09 bits per heavy atom. The van der Waals surface area contributed by atoms with Crippen molar-refractivity contribution in [1.29, 1.82) is 0 Å². The maximum atomic E-state index is 10.3. The van der Waals surface area contributed by atoms with Gasteiger partial charge in [-0.25, -0.2) is 4.42 Å². The Balaban J connectivity index is 0.000000215. The van der Waals surface area contributed by atoms with E-state index < -0.39 is 36.7 Å². The molecule has 2 aromatic carbocycles. The first-order valence-electron chi connectivity index (χ1n) is 9.53. The fourth-order valence-electron chi connectivity index (χ4n) is 3.12. The topological polar surface area (TPSA) is 243 Å². The number of carbonyl (C=O) groups is 1. The number of rotatable bonds is 2. The van der Waals surface area contributed by atoms with Crippen LogP contribution in [0.4, 0.5) is 0 Å². The van der Waals surface area contributed by atoms with Crippen LogP contribution in [0.2, 0.25) is 0 Å². The summed E-state index contributed by atoms with van der Waals surface area (Å²) in [5, 5.41) is 94.3. The molecule has 0 aliphatic carbocycles. The minimum atomic E-state index is -1.85. The number of aromatic hydroxyl groups is 5. The number of aliphatic carboxylic acids is 1. The third-order valence-corrected chi connectivity index (χ3v) is 4.89. The molecule has 13 nitrogen and oxygen atoms in total. The molecule has 13 heteroatoms. The van der Waals surface area contributed by atoms with Crippen molar-refractivity contribution in [2.75, 3.05) is 0 Å². The molecule has 0 amide bonds. The number of phenolic OH excluding ortho intramolecular Hbond substituents is 4. The number of aliphatic hydroxyl groups is 4. The lowest BCUT2D eigenvalue weighted by molar-refractivity contribution is -0.345. The fourth-order valence-corrected chi connectivity index (χ4v) is 3.12. The first-order valence-corrected chi connectivity index (χ1v) is 9.53. The van der Waals surface area contributed by atoms with E-state index in [0.717, 1.165) is 6.07 Å². The van der Waals surface area contributed by atoms with Crippen LogP contribution < -0.4 is 5.11 Å². The van der Waals surface area contributed by atoms with E-state index >= 15 is 0 Å². The van der Waals surface area contributed by atoms with E-state index in [0.29, 0.717) is 5.56 Å². The van der Waals surface area contributed by atoms with Crippen LogP contribution in [-0.4, -0.2) is 82.6 Å². The van der Waals surface area contributed by atoms with Gasteiger partial charge in [0.2, 0.25) is 5.75 Å². The summed E-state index contributed by atoms with van der Waals surface area (Å²) in [5.41, 5.74) is 0.486. The highest BCUT2D eigenvalue weighted by Gasteiger charge is 2.43. The second kappa shape index (κ2) is 9.54. The van der Waals surface area contributed by atoms with Gasteiger partial charge in [-0.3, -0.25) is 0 Å². The number of carboxylic acid groups (broad SMARTS) is 1. The lowest BCUT2D eigenvalue weighted by atomic mass is 9.99. The molecule has 182 valence electrons. The van der Waals surface area contributed by atoms with Gasteiger partial charge in [0.05, 0.1) is 17.6 Å². The summed E-state index contributed by atoms with van der Waals surface area (Å²) >= 11 is 0. The quantitative estimate of drug-likeness (QED) is 0.149. The van der Waals surface area contributed by atoms with Gasteiger partial charge in [-0.05, 0) is 12.1 Å². The lowest BCUT2D eigenvalue weighted by Crippen LogP contribution is -2.62. The molecule has 1 aliphatic rings. The summed E-state index contributed by atoms with van der Waals surface area (Å²) < 4.78 is 9.75. The van der Waals surface area contributed by atoms with Gasteiger partial charge in [0, 0.05) is 18.2 Å². The standard InChI is InChI=1S/C15H10O6.C6H10O7/c16-8-4-11(18)9-6-13(20)15(21-14(9)5-8)7-1-2-10(17)12(19)3-7;7-1-2(8)4(5(10)11)13-6(12)3(1)9/h1-6H,(H4-,16,17,18,19,20);1-4,6-9,12H,(H,10,11)/t;1-,2-,3+,4-,6?/m.0/s1. The van der Waals surface area contributed by atoms with Gasteiger partial charge in [0.15, 0.2) is 17.8 Å². The van der Waals surface area contributed by atoms with E-state index in [1.807, 2.05) is 0 Å². The van der Waals surface area contributed by atoms with Crippen LogP contribution in [0.5, 0.6) is 28.7 Å². The summed E-state index contributed by atoms with van der Waals surface area (Å²) in [4.78, 5) is 10.3. The van der Waals surface area contributed by atoms with Crippen LogP contribution >= 0.6 is 0 Å². The third-order valence-electron chi connectivity index (χ3n) is 4.89. The van der Waals surface area contributed by atoms with E-state index in [2.05, 4.69) is 4.74 Å². The van der Waals surface area contributed by atoms with Crippen molar-refractivity contribution in [1.82, 2.24) is 0 Å². The van der Waals surface area contributed by atoms with E-state index in [9.17, 15) is 35.4 Å². The largest absolute Gasteiger partial charge is 0.547 e. The average molecular weight is 480 g/mol.